The van der Waals surface area contributed by atoms with Crippen molar-refractivity contribution in [2.45, 2.75) is 45.2 Å². The van der Waals surface area contributed by atoms with E-state index in [1.54, 1.807) is 36.4 Å². The second-order valence-corrected chi connectivity index (χ2v) is 7.06. The molecule has 0 aromatic heterocycles. The first-order chi connectivity index (χ1) is 13.0. The molecule has 0 radical (unpaired) electrons. The summed E-state index contributed by atoms with van der Waals surface area (Å²) in [5, 5.41) is 2.84. The predicted octanol–water partition coefficient (Wildman–Crippen LogP) is 4.11. The number of likely N-dealkylation sites (tertiary alicyclic amines) is 1. The first-order valence-electron chi connectivity index (χ1n) is 9.45. The van der Waals surface area contributed by atoms with Gasteiger partial charge in [0.2, 0.25) is 0 Å². The molecule has 3 rings (SSSR count). The molecular weight excluding hydrogens is 340 g/mol. The van der Waals surface area contributed by atoms with Crippen LogP contribution in [-0.2, 0) is 4.79 Å². The molecular formula is C22H26N2O3. The fourth-order valence-corrected chi connectivity index (χ4v) is 3.56. The Morgan fingerprint density at radius 2 is 1.63 bits per heavy atom. The second-order valence-electron chi connectivity index (χ2n) is 7.06. The van der Waals surface area contributed by atoms with Crippen molar-refractivity contribution in [3.05, 3.63) is 60.2 Å². The monoisotopic (exact) mass is 366 g/mol. The molecule has 0 aliphatic carbocycles. The molecule has 2 atom stereocenters. The minimum Gasteiger partial charge on any atom is -0.484 e. The maximum absolute atomic E-state index is 12.5. The molecule has 1 fully saturated rings. The van der Waals surface area contributed by atoms with Crippen LogP contribution in [0.5, 0.6) is 5.75 Å². The van der Waals surface area contributed by atoms with E-state index in [1.165, 1.54) is 6.42 Å². The third-order valence-corrected chi connectivity index (χ3v) is 4.99. The Labute approximate surface area is 160 Å². The summed E-state index contributed by atoms with van der Waals surface area (Å²) >= 11 is 0. The summed E-state index contributed by atoms with van der Waals surface area (Å²) in [6, 6.07) is 16.6. The van der Waals surface area contributed by atoms with Gasteiger partial charge in [0.05, 0.1) is 0 Å². The molecule has 1 aliphatic rings. The highest BCUT2D eigenvalue weighted by molar-refractivity contribution is 6.04. The number of anilines is 1. The van der Waals surface area contributed by atoms with E-state index >= 15 is 0 Å². The molecule has 0 bridgehead atoms. The van der Waals surface area contributed by atoms with Gasteiger partial charge in [0.25, 0.3) is 11.8 Å². The zero-order chi connectivity index (χ0) is 19.2. The molecule has 0 unspecified atom stereocenters. The van der Waals surface area contributed by atoms with Gasteiger partial charge in [0, 0.05) is 23.3 Å². The Kier molecular flexibility index (Phi) is 6.12. The van der Waals surface area contributed by atoms with E-state index in [-0.39, 0.29) is 30.5 Å². The van der Waals surface area contributed by atoms with Gasteiger partial charge in [-0.3, -0.25) is 9.59 Å². The number of nitrogens with one attached hydrogen (secondary N) is 1. The van der Waals surface area contributed by atoms with E-state index in [2.05, 4.69) is 19.2 Å². The summed E-state index contributed by atoms with van der Waals surface area (Å²) in [5.74, 6) is 0.474. The molecule has 5 heteroatoms. The Morgan fingerprint density at radius 1 is 1.00 bits per heavy atom. The summed E-state index contributed by atoms with van der Waals surface area (Å²) in [6.07, 6.45) is 3.26. The average Bonchev–Trinajstić information content (AvgIpc) is 2.68. The summed E-state index contributed by atoms with van der Waals surface area (Å²) < 4.78 is 5.66. The smallest absolute Gasteiger partial charge is 0.260 e. The van der Waals surface area contributed by atoms with Crippen LogP contribution >= 0.6 is 0 Å². The molecule has 2 amide bonds. The van der Waals surface area contributed by atoms with E-state index in [4.69, 9.17) is 4.74 Å². The number of carbonyl (C=O) groups excluding carboxylic acids is 2. The number of rotatable bonds is 5. The minimum atomic E-state index is -0.160. The van der Waals surface area contributed by atoms with Crippen LogP contribution in [0.3, 0.4) is 0 Å². The number of hydrogen-bond donors (Lipinski definition) is 1. The molecule has 1 saturated heterocycles. The van der Waals surface area contributed by atoms with Crippen molar-refractivity contribution >= 4 is 17.5 Å². The molecule has 1 N–H and O–H groups in total. The second kappa shape index (κ2) is 8.71. The Bertz CT molecular complexity index is 764. The van der Waals surface area contributed by atoms with Crippen LogP contribution in [0.2, 0.25) is 0 Å². The predicted molar refractivity (Wildman–Crippen MR) is 106 cm³/mol. The third kappa shape index (κ3) is 4.88. The molecule has 1 aliphatic heterocycles. The lowest BCUT2D eigenvalue weighted by molar-refractivity contribution is -0.139. The standard InChI is InChI=1S/C22H26N2O3/c1-16-7-6-8-17(2)24(16)21(25)15-27-20-13-11-19(12-14-20)23-22(26)18-9-4-3-5-10-18/h3-5,9-14,16-17H,6-8,15H2,1-2H3,(H,23,26)/t16-,17-/m0/s1. The van der Waals surface area contributed by atoms with E-state index in [9.17, 15) is 9.59 Å². The molecule has 2 aromatic rings. The molecule has 2 aromatic carbocycles. The molecule has 1 heterocycles. The molecule has 5 nitrogen and oxygen atoms in total. The zero-order valence-corrected chi connectivity index (χ0v) is 15.9. The van der Waals surface area contributed by atoms with Crippen molar-refractivity contribution in [2.75, 3.05) is 11.9 Å². The van der Waals surface area contributed by atoms with Gasteiger partial charge in [0.1, 0.15) is 5.75 Å². The van der Waals surface area contributed by atoms with Gasteiger partial charge in [-0.15, -0.1) is 0 Å². The SMILES string of the molecule is C[C@H]1CCC[C@H](C)N1C(=O)COc1ccc(NC(=O)c2ccccc2)cc1. The van der Waals surface area contributed by atoms with Crippen molar-refractivity contribution in [2.24, 2.45) is 0 Å². The number of nitrogens with zero attached hydrogens (tertiary/aromatic N) is 1. The quantitative estimate of drug-likeness (QED) is 0.866. The van der Waals surface area contributed by atoms with E-state index in [0.29, 0.717) is 17.0 Å². The van der Waals surface area contributed by atoms with Crippen molar-refractivity contribution < 1.29 is 14.3 Å². The molecule has 0 spiro atoms. The number of piperidine rings is 1. The van der Waals surface area contributed by atoms with Crippen molar-refractivity contribution in [3.63, 3.8) is 0 Å². The van der Waals surface area contributed by atoms with Gasteiger partial charge >= 0.3 is 0 Å². The van der Waals surface area contributed by atoms with Crippen molar-refractivity contribution in [1.82, 2.24) is 4.90 Å². The van der Waals surface area contributed by atoms with Crippen LogP contribution < -0.4 is 10.1 Å². The zero-order valence-electron chi connectivity index (χ0n) is 15.9. The highest BCUT2D eigenvalue weighted by Gasteiger charge is 2.28. The lowest BCUT2D eigenvalue weighted by Gasteiger charge is -2.38. The van der Waals surface area contributed by atoms with Crippen LogP contribution in [0.1, 0.15) is 43.5 Å². The van der Waals surface area contributed by atoms with Crippen LogP contribution in [0.15, 0.2) is 54.6 Å². The highest BCUT2D eigenvalue weighted by atomic mass is 16.5. The summed E-state index contributed by atoms with van der Waals surface area (Å²) in [6.45, 7) is 4.22. The van der Waals surface area contributed by atoms with Crippen LogP contribution in [-0.4, -0.2) is 35.4 Å². The van der Waals surface area contributed by atoms with Gasteiger partial charge in [0.15, 0.2) is 6.61 Å². The number of hydrogen-bond acceptors (Lipinski definition) is 3. The number of amides is 2. The van der Waals surface area contributed by atoms with E-state index in [1.807, 2.05) is 23.1 Å². The number of benzene rings is 2. The van der Waals surface area contributed by atoms with Crippen LogP contribution in [0.4, 0.5) is 5.69 Å². The third-order valence-electron chi connectivity index (χ3n) is 4.99. The Hall–Kier alpha value is -2.82. The normalized spacial score (nSPS) is 19.4. The summed E-state index contributed by atoms with van der Waals surface area (Å²) in [4.78, 5) is 26.6. The average molecular weight is 366 g/mol. The number of carbonyl (C=O) groups is 2. The lowest BCUT2D eigenvalue weighted by atomic mass is 9.97. The molecule has 27 heavy (non-hydrogen) atoms. The maximum atomic E-state index is 12.5. The Morgan fingerprint density at radius 3 is 2.26 bits per heavy atom. The first-order valence-corrected chi connectivity index (χ1v) is 9.45. The first kappa shape index (κ1) is 19.0. The fraction of sp³-hybridized carbons (Fsp3) is 0.364. The largest absolute Gasteiger partial charge is 0.484 e. The molecule has 142 valence electrons. The highest BCUT2D eigenvalue weighted by Crippen LogP contribution is 2.23. The summed E-state index contributed by atoms with van der Waals surface area (Å²) in [7, 11) is 0. The van der Waals surface area contributed by atoms with E-state index in [0.717, 1.165) is 12.8 Å². The van der Waals surface area contributed by atoms with Gasteiger partial charge < -0.3 is 15.0 Å². The maximum Gasteiger partial charge on any atom is 0.260 e. The summed E-state index contributed by atoms with van der Waals surface area (Å²) in [5.41, 5.74) is 1.29. The lowest BCUT2D eigenvalue weighted by Crippen LogP contribution is -2.49. The van der Waals surface area contributed by atoms with Gasteiger partial charge in [-0.05, 0) is 69.5 Å². The topological polar surface area (TPSA) is 58.6 Å². The van der Waals surface area contributed by atoms with Crippen LogP contribution in [0, 0.1) is 0 Å². The Balaban J connectivity index is 1.53. The van der Waals surface area contributed by atoms with Gasteiger partial charge in [-0.25, -0.2) is 0 Å². The fourth-order valence-electron chi connectivity index (χ4n) is 3.56. The van der Waals surface area contributed by atoms with Crippen LogP contribution in [0.25, 0.3) is 0 Å². The number of ether oxygens (including phenoxy) is 1. The van der Waals surface area contributed by atoms with Gasteiger partial charge in [-0.2, -0.15) is 0 Å². The van der Waals surface area contributed by atoms with Crippen molar-refractivity contribution in [1.29, 1.82) is 0 Å². The van der Waals surface area contributed by atoms with E-state index < -0.39 is 0 Å². The molecule has 0 saturated carbocycles. The minimum absolute atomic E-state index is 0.0242. The van der Waals surface area contributed by atoms with Gasteiger partial charge in [-0.1, -0.05) is 18.2 Å². The van der Waals surface area contributed by atoms with Crippen molar-refractivity contribution in [3.8, 4) is 5.75 Å².